The van der Waals surface area contributed by atoms with E-state index >= 15 is 0 Å². The third-order valence-electron chi connectivity index (χ3n) is 2.76. The second kappa shape index (κ2) is 5.13. The van der Waals surface area contributed by atoms with Gasteiger partial charge in [-0.25, -0.2) is 4.39 Å². The first-order chi connectivity index (χ1) is 8.16. The predicted molar refractivity (Wildman–Crippen MR) is 70.4 cm³/mol. The van der Waals surface area contributed by atoms with Crippen molar-refractivity contribution >= 4 is 0 Å². The van der Waals surface area contributed by atoms with E-state index in [1.165, 1.54) is 0 Å². The third kappa shape index (κ3) is 2.94. The molecule has 0 radical (unpaired) electrons. The van der Waals surface area contributed by atoms with Crippen molar-refractivity contribution in [3.05, 3.63) is 59.9 Å². The van der Waals surface area contributed by atoms with E-state index < -0.39 is 0 Å². The van der Waals surface area contributed by atoms with Crippen LogP contribution in [-0.2, 0) is 6.42 Å². The molecule has 0 aliphatic heterocycles. The van der Waals surface area contributed by atoms with Gasteiger partial charge < -0.3 is 0 Å². The molecule has 0 aliphatic rings. The number of hydrogen-bond acceptors (Lipinski definition) is 0. The molecule has 0 atom stereocenters. The van der Waals surface area contributed by atoms with E-state index in [0.29, 0.717) is 11.5 Å². The third-order valence-corrected chi connectivity index (χ3v) is 2.76. The first-order valence-electron chi connectivity index (χ1n) is 6.00. The molecule has 0 saturated heterocycles. The second-order valence-corrected chi connectivity index (χ2v) is 4.78. The maximum absolute atomic E-state index is 14.0. The number of rotatable bonds is 3. The van der Waals surface area contributed by atoms with Crippen LogP contribution in [0.1, 0.15) is 19.4 Å². The highest BCUT2D eigenvalue weighted by Crippen LogP contribution is 2.24. The van der Waals surface area contributed by atoms with Crippen molar-refractivity contribution in [3.8, 4) is 11.1 Å². The summed E-state index contributed by atoms with van der Waals surface area (Å²) in [4.78, 5) is 0. The van der Waals surface area contributed by atoms with Crippen LogP contribution in [0.2, 0.25) is 0 Å². The molecule has 0 heterocycles. The summed E-state index contributed by atoms with van der Waals surface area (Å²) < 4.78 is 14.0. The molecule has 0 amide bonds. The van der Waals surface area contributed by atoms with Gasteiger partial charge in [-0.1, -0.05) is 56.3 Å². The topological polar surface area (TPSA) is 0 Å². The molecule has 0 spiro atoms. The van der Waals surface area contributed by atoms with Crippen molar-refractivity contribution in [2.75, 3.05) is 0 Å². The minimum absolute atomic E-state index is 0.130. The summed E-state index contributed by atoms with van der Waals surface area (Å²) in [6, 6.07) is 15.2. The average molecular weight is 228 g/mol. The van der Waals surface area contributed by atoms with Crippen molar-refractivity contribution in [2.45, 2.75) is 20.3 Å². The Balaban J connectivity index is 2.32. The van der Waals surface area contributed by atoms with E-state index in [2.05, 4.69) is 13.8 Å². The molecular formula is C16H17F. The van der Waals surface area contributed by atoms with Gasteiger partial charge >= 0.3 is 0 Å². The van der Waals surface area contributed by atoms with E-state index in [1.807, 2.05) is 42.5 Å². The SMILES string of the molecule is CC(C)Cc1ccc(-c2ccccc2)c(F)c1. The highest BCUT2D eigenvalue weighted by atomic mass is 19.1. The zero-order valence-electron chi connectivity index (χ0n) is 10.3. The van der Waals surface area contributed by atoms with Gasteiger partial charge in [0.15, 0.2) is 0 Å². The largest absolute Gasteiger partial charge is 0.206 e. The fraction of sp³-hybridized carbons (Fsp3) is 0.250. The van der Waals surface area contributed by atoms with Crippen LogP contribution in [0.4, 0.5) is 4.39 Å². The van der Waals surface area contributed by atoms with Crippen molar-refractivity contribution < 1.29 is 4.39 Å². The molecular weight excluding hydrogens is 211 g/mol. The van der Waals surface area contributed by atoms with E-state index in [-0.39, 0.29) is 5.82 Å². The Morgan fingerprint density at radius 3 is 2.29 bits per heavy atom. The Morgan fingerprint density at radius 1 is 1.00 bits per heavy atom. The molecule has 0 nitrogen and oxygen atoms in total. The standard InChI is InChI=1S/C16H17F/c1-12(2)10-13-8-9-15(16(17)11-13)14-6-4-3-5-7-14/h3-9,11-12H,10H2,1-2H3. The molecule has 0 unspecified atom stereocenters. The first kappa shape index (κ1) is 11.8. The normalized spacial score (nSPS) is 10.8. The molecule has 0 aliphatic carbocycles. The van der Waals surface area contributed by atoms with E-state index in [9.17, 15) is 4.39 Å². The summed E-state index contributed by atoms with van der Waals surface area (Å²) in [7, 11) is 0. The first-order valence-corrected chi connectivity index (χ1v) is 6.00. The number of benzene rings is 2. The molecule has 17 heavy (non-hydrogen) atoms. The van der Waals surface area contributed by atoms with Crippen molar-refractivity contribution in [3.63, 3.8) is 0 Å². The van der Waals surface area contributed by atoms with E-state index in [1.54, 1.807) is 6.07 Å². The average Bonchev–Trinajstić information content (AvgIpc) is 2.29. The quantitative estimate of drug-likeness (QED) is 0.714. The molecule has 2 aromatic carbocycles. The van der Waals surface area contributed by atoms with Crippen LogP contribution in [0.5, 0.6) is 0 Å². The van der Waals surface area contributed by atoms with Gasteiger partial charge in [0.2, 0.25) is 0 Å². The van der Waals surface area contributed by atoms with Crippen LogP contribution in [0.25, 0.3) is 11.1 Å². The Bertz CT molecular complexity index is 486. The Hall–Kier alpha value is -1.63. The molecule has 0 fully saturated rings. The molecule has 0 N–H and O–H groups in total. The maximum atomic E-state index is 14.0. The van der Waals surface area contributed by atoms with Gasteiger partial charge in [-0.2, -0.15) is 0 Å². The van der Waals surface area contributed by atoms with Crippen LogP contribution < -0.4 is 0 Å². The van der Waals surface area contributed by atoms with Crippen molar-refractivity contribution in [1.82, 2.24) is 0 Å². The summed E-state index contributed by atoms with van der Waals surface area (Å²) in [5.74, 6) is 0.423. The van der Waals surface area contributed by atoms with Gasteiger partial charge in [-0.15, -0.1) is 0 Å². The fourth-order valence-corrected chi connectivity index (χ4v) is 2.01. The zero-order valence-corrected chi connectivity index (χ0v) is 10.3. The minimum Gasteiger partial charge on any atom is -0.206 e. The molecule has 0 saturated carbocycles. The van der Waals surface area contributed by atoms with Gasteiger partial charge in [-0.3, -0.25) is 0 Å². The Labute approximate surface area is 102 Å². The lowest BCUT2D eigenvalue weighted by Crippen LogP contribution is -1.95. The van der Waals surface area contributed by atoms with Gasteiger partial charge in [-0.05, 0) is 29.5 Å². The van der Waals surface area contributed by atoms with Crippen LogP contribution >= 0.6 is 0 Å². The number of hydrogen-bond donors (Lipinski definition) is 0. The van der Waals surface area contributed by atoms with Gasteiger partial charge in [0.1, 0.15) is 5.82 Å². The number of halogens is 1. The van der Waals surface area contributed by atoms with Crippen LogP contribution in [0.3, 0.4) is 0 Å². The maximum Gasteiger partial charge on any atom is 0.131 e. The highest BCUT2D eigenvalue weighted by molar-refractivity contribution is 5.64. The summed E-state index contributed by atoms with van der Waals surface area (Å²) in [6.07, 6.45) is 0.923. The summed E-state index contributed by atoms with van der Waals surface area (Å²) in [5.41, 5.74) is 2.68. The molecule has 0 aromatic heterocycles. The van der Waals surface area contributed by atoms with Crippen molar-refractivity contribution in [1.29, 1.82) is 0 Å². The van der Waals surface area contributed by atoms with Gasteiger partial charge in [0, 0.05) is 5.56 Å². The molecule has 88 valence electrons. The van der Waals surface area contributed by atoms with Crippen LogP contribution in [-0.4, -0.2) is 0 Å². The van der Waals surface area contributed by atoms with Crippen LogP contribution in [0.15, 0.2) is 48.5 Å². The summed E-state index contributed by atoms with van der Waals surface area (Å²) in [6.45, 7) is 4.28. The minimum atomic E-state index is -0.130. The van der Waals surface area contributed by atoms with Gasteiger partial charge in [0.25, 0.3) is 0 Å². The Morgan fingerprint density at radius 2 is 1.71 bits per heavy atom. The molecule has 2 aromatic rings. The lowest BCUT2D eigenvalue weighted by atomic mass is 9.98. The predicted octanol–water partition coefficient (Wildman–Crippen LogP) is 4.69. The van der Waals surface area contributed by atoms with E-state index in [4.69, 9.17) is 0 Å². The molecule has 2 rings (SSSR count). The lowest BCUT2D eigenvalue weighted by molar-refractivity contribution is 0.615. The highest BCUT2D eigenvalue weighted by Gasteiger charge is 2.06. The monoisotopic (exact) mass is 228 g/mol. The van der Waals surface area contributed by atoms with Crippen molar-refractivity contribution in [2.24, 2.45) is 5.92 Å². The van der Waals surface area contributed by atoms with Crippen LogP contribution in [0, 0.1) is 11.7 Å². The summed E-state index contributed by atoms with van der Waals surface area (Å²) in [5, 5.41) is 0. The van der Waals surface area contributed by atoms with E-state index in [0.717, 1.165) is 17.5 Å². The Kier molecular flexibility index (Phi) is 3.58. The summed E-state index contributed by atoms with van der Waals surface area (Å²) >= 11 is 0. The molecule has 0 bridgehead atoms. The zero-order chi connectivity index (χ0) is 12.3. The van der Waals surface area contributed by atoms with Gasteiger partial charge in [0.05, 0.1) is 0 Å². The fourth-order valence-electron chi connectivity index (χ4n) is 2.01. The second-order valence-electron chi connectivity index (χ2n) is 4.78. The smallest absolute Gasteiger partial charge is 0.131 e. The lowest BCUT2D eigenvalue weighted by Gasteiger charge is -2.08. The molecule has 1 heteroatoms.